The second kappa shape index (κ2) is 5.39. The van der Waals surface area contributed by atoms with Crippen LogP contribution >= 0.6 is 11.8 Å². The number of aliphatic hydroxyl groups excluding tert-OH is 1. The van der Waals surface area contributed by atoms with Crippen molar-refractivity contribution in [2.75, 3.05) is 6.26 Å². The SMILES string of the molecule is CSc1n[nH]c2c1C[C@H]1[C@@H]3CC=C4C[C@@H](O)CC[C@]4(C)[C@H]3CC[C@]21C. The molecule has 0 aromatic carbocycles. The lowest BCUT2D eigenvalue weighted by Gasteiger charge is -2.57. The molecule has 136 valence electrons. The zero-order chi connectivity index (χ0) is 17.4. The van der Waals surface area contributed by atoms with Gasteiger partial charge in [0.05, 0.1) is 6.10 Å². The number of rotatable bonds is 1. The molecule has 0 saturated heterocycles. The summed E-state index contributed by atoms with van der Waals surface area (Å²) >= 11 is 1.79. The van der Waals surface area contributed by atoms with Crippen molar-refractivity contribution in [2.24, 2.45) is 23.2 Å². The summed E-state index contributed by atoms with van der Waals surface area (Å²) in [5.74, 6) is 2.34. The number of fused-ring (bicyclic) bond motifs is 7. The van der Waals surface area contributed by atoms with Gasteiger partial charge in [-0.3, -0.25) is 5.10 Å². The average Bonchev–Trinajstić information content (AvgIpc) is 3.13. The molecule has 25 heavy (non-hydrogen) atoms. The van der Waals surface area contributed by atoms with Crippen LogP contribution in [0.4, 0.5) is 0 Å². The molecule has 5 rings (SSSR count). The Balaban J connectivity index is 1.52. The van der Waals surface area contributed by atoms with Crippen LogP contribution < -0.4 is 0 Å². The summed E-state index contributed by atoms with van der Waals surface area (Å²) in [6.45, 7) is 5.00. The maximum absolute atomic E-state index is 10.1. The number of nitrogens with zero attached hydrogens (tertiary/aromatic N) is 1. The summed E-state index contributed by atoms with van der Waals surface area (Å²) in [5, 5.41) is 19.4. The average molecular weight is 359 g/mol. The summed E-state index contributed by atoms with van der Waals surface area (Å²) < 4.78 is 0. The summed E-state index contributed by atoms with van der Waals surface area (Å²) in [6.07, 6.45) is 12.7. The van der Waals surface area contributed by atoms with E-state index in [2.05, 4.69) is 36.4 Å². The number of aromatic amines is 1. The molecule has 0 amide bonds. The predicted molar refractivity (Wildman–Crippen MR) is 102 cm³/mol. The number of H-pyrrole nitrogens is 1. The van der Waals surface area contributed by atoms with Gasteiger partial charge in [-0.1, -0.05) is 25.5 Å². The molecule has 1 heterocycles. The van der Waals surface area contributed by atoms with Crippen molar-refractivity contribution in [1.29, 1.82) is 0 Å². The van der Waals surface area contributed by atoms with Crippen LogP contribution in [0.3, 0.4) is 0 Å². The van der Waals surface area contributed by atoms with E-state index in [1.165, 1.54) is 48.4 Å². The zero-order valence-corrected chi connectivity index (χ0v) is 16.5. The monoisotopic (exact) mass is 358 g/mol. The van der Waals surface area contributed by atoms with E-state index in [0.717, 1.165) is 30.6 Å². The van der Waals surface area contributed by atoms with E-state index < -0.39 is 0 Å². The van der Waals surface area contributed by atoms with E-state index in [9.17, 15) is 5.11 Å². The molecular weight excluding hydrogens is 328 g/mol. The van der Waals surface area contributed by atoms with Crippen LogP contribution in [0.2, 0.25) is 0 Å². The quantitative estimate of drug-likeness (QED) is 0.575. The molecule has 0 bridgehead atoms. The first-order valence-corrected chi connectivity index (χ1v) is 11.2. The lowest BCUT2D eigenvalue weighted by Crippen LogP contribution is -2.51. The third-order valence-corrected chi connectivity index (χ3v) is 9.21. The molecule has 3 nitrogen and oxygen atoms in total. The fourth-order valence-corrected chi connectivity index (χ4v) is 7.62. The van der Waals surface area contributed by atoms with Gasteiger partial charge in [0, 0.05) is 16.7 Å². The van der Waals surface area contributed by atoms with Crippen molar-refractivity contribution < 1.29 is 5.11 Å². The molecule has 2 N–H and O–H groups in total. The summed E-state index contributed by atoms with van der Waals surface area (Å²) in [5.41, 5.74) is 5.14. The highest BCUT2D eigenvalue weighted by Crippen LogP contribution is 2.64. The molecule has 1 aromatic heterocycles. The Morgan fingerprint density at radius 3 is 2.76 bits per heavy atom. The van der Waals surface area contributed by atoms with Crippen LogP contribution in [-0.2, 0) is 11.8 Å². The predicted octanol–water partition coefficient (Wildman–Crippen LogP) is 4.47. The molecule has 0 spiro atoms. The van der Waals surface area contributed by atoms with Crippen LogP contribution in [0.15, 0.2) is 16.7 Å². The number of hydrogen-bond acceptors (Lipinski definition) is 3. The van der Waals surface area contributed by atoms with Gasteiger partial charge >= 0.3 is 0 Å². The summed E-state index contributed by atoms with van der Waals surface area (Å²) in [4.78, 5) is 0. The lowest BCUT2D eigenvalue weighted by molar-refractivity contribution is -0.0173. The van der Waals surface area contributed by atoms with Gasteiger partial charge in [0.2, 0.25) is 0 Å². The Labute approximate surface area is 155 Å². The minimum Gasteiger partial charge on any atom is -0.393 e. The Morgan fingerprint density at radius 2 is 1.96 bits per heavy atom. The molecule has 4 heteroatoms. The van der Waals surface area contributed by atoms with Gasteiger partial charge in [-0.25, -0.2) is 0 Å². The molecule has 6 atom stereocenters. The molecule has 0 radical (unpaired) electrons. The number of thioether (sulfide) groups is 1. The zero-order valence-electron chi connectivity index (χ0n) is 15.6. The minimum absolute atomic E-state index is 0.105. The van der Waals surface area contributed by atoms with Gasteiger partial charge in [0.25, 0.3) is 0 Å². The highest BCUT2D eigenvalue weighted by molar-refractivity contribution is 7.98. The third kappa shape index (κ3) is 2.07. The standard InChI is InChI=1S/C21H30N2OS/c1-20-8-6-13(24)10-12(20)4-5-14-16(20)7-9-21(2)17(14)11-15-18(21)22-23-19(15)25-3/h4,13-14,16-17,24H,5-11H2,1-3H3,(H,22,23)/t13-,14+,16-,17-,20-,21-/m0/s1. The van der Waals surface area contributed by atoms with Crippen LogP contribution in [0, 0.1) is 23.2 Å². The first kappa shape index (κ1) is 16.4. The van der Waals surface area contributed by atoms with Crippen molar-refractivity contribution in [2.45, 2.75) is 75.3 Å². The van der Waals surface area contributed by atoms with Crippen molar-refractivity contribution in [3.05, 3.63) is 22.9 Å². The molecule has 2 fully saturated rings. The second-order valence-corrected chi connectivity index (χ2v) is 10.2. The van der Waals surface area contributed by atoms with E-state index in [-0.39, 0.29) is 11.5 Å². The van der Waals surface area contributed by atoms with Gasteiger partial charge in [-0.15, -0.1) is 11.8 Å². The van der Waals surface area contributed by atoms with Gasteiger partial charge < -0.3 is 5.11 Å². The fourth-order valence-electron chi connectivity index (χ4n) is 7.05. The van der Waals surface area contributed by atoms with E-state index >= 15 is 0 Å². The molecule has 0 aliphatic heterocycles. The molecule has 1 aromatic rings. The minimum atomic E-state index is -0.105. The van der Waals surface area contributed by atoms with E-state index in [0.29, 0.717) is 5.41 Å². The van der Waals surface area contributed by atoms with Crippen LogP contribution in [0.5, 0.6) is 0 Å². The Hall–Kier alpha value is -0.740. The lowest BCUT2D eigenvalue weighted by atomic mass is 9.48. The molecule has 4 aliphatic carbocycles. The number of hydrogen-bond donors (Lipinski definition) is 2. The molecule has 4 aliphatic rings. The summed E-state index contributed by atoms with van der Waals surface area (Å²) in [7, 11) is 0. The van der Waals surface area contributed by atoms with Crippen molar-refractivity contribution in [3.8, 4) is 0 Å². The third-order valence-electron chi connectivity index (χ3n) is 8.49. The topological polar surface area (TPSA) is 48.9 Å². The van der Waals surface area contributed by atoms with Gasteiger partial charge in [-0.2, -0.15) is 5.10 Å². The second-order valence-electron chi connectivity index (χ2n) is 9.40. The normalized spacial score (nSPS) is 45.2. The Kier molecular flexibility index (Phi) is 3.54. The smallest absolute Gasteiger partial charge is 0.121 e. The van der Waals surface area contributed by atoms with Crippen molar-refractivity contribution in [3.63, 3.8) is 0 Å². The van der Waals surface area contributed by atoms with E-state index in [1.807, 2.05) is 0 Å². The maximum Gasteiger partial charge on any atom is 0.121 e. The highest BCUT2D eigenvalue weighted by atomic mass is 32.2. The number of aromatic nitrogens is 2. The van der Waals surface area contributed by atoms with Crippen LogP contribution in [-0.4, -0.2) is 27.7 Å². The summed E-state index contributed by atoms with van der Waals surface area (Å²) in [6, 6.07) is 0. The van der Waals surface area contributed by atoms with Crippen molar-refractivity contribution in [1.82, 2.24) is 10.2 Å². The largest absolute Gasteiger partial charge is 0.393 e. The highest BCUT2D eigenvalue weighted by Gasteiger charge is 2.58. The molecule has 2 saturated carbocycles. The first-order valence-electron chi connectivity index (χ1n) is 9.96. The van der Waals surface area contributed by atoms with E-state index in [4.69, 9.17) is 0 Å². The van der Waals surface area contributed by atoms with Gasteiger partial charge in [0.15, 0.2) is 0 Å². The van der Waals surface area contributed by atoms with Gasteiger partial charge in [0.1, 0.15) is 5.03 Å². The Morgan fingerprint density at radius 1 is 1.16 bits per heavy atom. The Bertz CT molecular complexity index is 740. The van der Waals surface area contributed by atoms with Crippen LogP contribution in [0.25, 0.3) is 0 Å². The van der Waals surface area contributed by atoms with Gasteiger partial charge in [-0.05, 0) is 74.4 Å². The van der Waals surface area contributed by atoms with E-state index in [1.54, 1.807) is 17.3 Å². The number of nitrogens with one attached hydrogen (secondary N) is 1. The number of aliphatic hydroxyl groups is 1. The molecule has 0 unspecified atom stereocenters. The fraction of sp³-hybridized carbons (Fsp3) is 0.762. The van der Waals surface area contributed by atoms with Crippen LogP contribution in [0.1, 0.15) is 63.6 Å². The maximum atomic E-state index is 10.1. The first-order chi connectivity index (χ1) is 12.0. The van der Waals surface area contributed by atoms with Crippen molar-refractivity contribution >= 4 is 11.8 Å². The molecular formula is C21H30N2OS. The number of allylic oxidation sites excluding steroid dienone is 1.